The maximum Gasteiger partial charge on any atom is 0.145 e. The van der Waals surface area contributed by atoms with Crippen LogP contribution in [0.3, 0.4) is 0 Å². The largest absolute Gasteiger partial charge is 0.506 e. The summed E-state index contributed by atoms with van der Waals surface area (Å²) in [5.74, 6) is -0.180. The highest BCUT2D eigenvalue weighted by Crippen LogP contribution is 2.29. The van der Waals surface area contributed by atoms with Crippen molar-refractivity contribution in [3.63, 3.8) is 0 Å². The molecule has 0 bridgehead atoms. The smallest absolute Gasteiger partial charge is 0.145 e. The lowest BCUT2D eigenvalue weighted by Gasteiger charge is -2.09. The molecule has 1 aliphatic rings. The van der Waals surface area contributed by atoms with Gasteiger partial charge >= 0.3 is 0 Å². The molecule has 82 valence electrons. The topological polar surface area (TPSA) is 32.3 Å². The van der Waals surface area contributed by atoms with Crippen LogP contribution in [0.25, 0.3) is 0 Å². The third-order valence-electron chi connectivity index (χ3n) is 2.76. The zero-order chi connectivity index (χ0) is 10.8. The first-order valence-corrected chi connectivity index (χ1v) is 5.42. The van der Waals surface area contributed by atoms with Gasteiger partial charge in [0.2, 0.25) is 0 Å². The van der Waals surface area contributed by atoms with Crippen molar-refractivity contribution in [1.82, 2.24) is 5.32 Å². The van der Waals surface area contributed by atoms with Gasteiger partial charge in [-0.05, 0) is 49.5 Å². The Hall–Kier alpha value is -0.800. The molecule has 2 N–H and O–H groups in total. The van der Waals surface area contributed by atoms with E-state index in [0.29, 0.717) is 5.92 Å². The van der Waals surface area contributed by atoms with Crippen LogP contribution in [-0.2, 0) is 6.42 Å². The van der Waals surface area contributed by atoms with Gasteiger partial charge in [0.25, 0.3) is 0 Å². The van der Waals surface area contributed by atoms with Gasteiger partial charge < -0.3 is 10.4 Å². The van der Waals surface area contributed by atoms with Crippen molar-refractivity contribution in [3.05, 3.63) is 28.5 Å². The zero-order valence-electron chi connectivity index (χ0n) is 8.26. The van der Waals surface area contributed by atoms with E-state index in [-0.39, 0.29) is 10.8 Å². The van der Waals surface area contributed by atoms with E-state index < -0.39 is 5.82 Å². The second kappa shape index (κ2) is 4.37. The average molecular weight is 230 g/mol. The quantitative estimate of drug-likeness (QED) is 0.816. The van der Waals surface area contributed by atoms with Crippen LogP contribution in [0.1, 0.15) is 12.0 Å². The molecule has 15 heavy (non-hydrogen) atoms. The number of hydrogen-bond acceptors (Lipinski definition) is 2. The number of phenols is 1. The van der Waals surface area contributed by atoms with E-state index in [2.05, 4.69) is 5.32 Å². The molecule has 0 aliphatic carbocycles. The minimum Gasteiger partial charge on any atom is -0.506 e. The Morgan fingerprint density at radius 1 is 1.53 bits per heavy atom. The van der Waals surface area contributed by atoms with Crippen molar-refractivity contribution in [2.45, 2.75) is 12.8 Å². The van der Waals surface area contributed by atoms with Crippen molar-refractivity contribution >= 4 is 11.6 Å². The summed E-state index contributed by atoms with van der Waals surface area (Å²) in [6, 6.07) is 2.95. The van der Waals surface area contributed by atoms with Crippen molar-refractivity contribution < 1.29 is 9.50 Å². The van der Waals surface area contributed by atoms with Crippen LogP contribution >= 0.6 is 11.6 Å². The van der Waals surface area contributed by atoms with Gasteiger partial charge in [-0.1, -0.05) is 11.6 Å². The lowest BCUT2D eigenvalue weighted by atomic mass is 9.98. The SMILES string of the molecule is Oc1cc(CC2CCNC2)cc(F)c1Cl. The molecule has 1 heterocycles. The molecule has 2 nitrogen and oxygen atoms in total. The fourth-order valence-electron chi connectivity index (χ4n) is 1.97. The highest BCUT2D eigenvalue weighted by Gasteiger charge is 2.16. The average Bonchev–Trinajstić information content (AvgIpc) is 2.66. The van der Waals surface area contributed by atoms with E-state index in [1.54, 1.807) is 6.07 Å². The summed E-state index contributed by atoms with van der Waals surface area (Å²) in [6.45, 7) is 1.98. The van der Waals surface area contributed by atoms with E-state index in [1.807, 2.05) is 0 Å². The molecule has 1 aliphatic heterocycles. The molecule has 0 spiro atoms. The summed E-state index contributed by atoms with van der Waals surface area (Å²) < 4.78 is 13.2. The molecule has 1 fully saturated rings. The normalized spacial score (nSPS) is 20.8. The highest BCUT2D eigenvalue weighted by atomic mass is 35.5. The van der Waals surface area contributed by atoms with E-state index in [0.717, 1.165) is 31.5 Å². The Bertz CT molecular complexity index is 341. The predicted octanol–water partition coefficient (Wildman–Crippen LogP) is 2.34. The zero-order valence-corrected chi connectivity index (χ0v) is 9.02. The second-order valence-electron chi connectivity index (χ2n) is 3.97. The van der Waals surface area contributed by atoms with Gasteiger partial charge in [-0.15, -0.1) is 0 Å². The number of phenolic OH excluding ortho intramolecular Hbond substituents is 1. The van der Waals surface area contributed by atoms with E-state index in [9.17, 15) is 9.50 Å². The van der Waals surface area contributed by atoms with E-state index >= 15 is 0 Å². The van der Waals surface area contributed by atoms with E-state index in [1.165, 1.54) is 6.07 Å². The fraction of sp³-hybridized carbons (Fsp3) is 0.455. The molecule has 2 rings (SSSR count). The fourth-order valence-corrected chi connectivity index (χ4v) is 2.08. The number of benzene rings is 1. The Labute approximate surface area is 93.1 Å². The summed E-state index contributed by atoms with van der Waals surface area (Å²) in [5, 5.41) is 12.4. The van der Waals surface area contributed by atoms with Crippen LogP contribution in [-0.4, -0.2) is 18.2 Å². The molecule has 1 aromatic carbocycles. The molecule has 1 unspecified atom stereocenters. The van der Waals surface area contributed by atoms with Crippen LogP contribution in [0.15, 0.2) is 12.1 Å². The molecular weight excluding hydrogens is 217 g/mol. The number of aromatic hydroxyl groups is 1. The first-order valence-electron chi connectivity index (χ1n) is 5.04. The van der Waals surface area contributed by atoms with Crippen molar-refractivity contribution in [3.8, 4) is 5.75 Å². The maximum absolute atomic E-state index is 13.2. The molecule has 4 heteroatoms. The molecule has 1 saturated heterocycles. The standard InChI is InChI=1S/C11H13ClFNO/c12-11-9(13)4-8(5-10(11)15)3-7-1-2-14-6-7/h4-5,7,14-15H,1-3,6H2. The number of halogens is 2. The third kappa shape index (κ3) is 2.41. The molecule has 0 aromatic heterocycles. The van der Waals surface area contributed by atoms with Crippen LogP contribution in [0.2, 0.25) is 5.02 Å². The van der Waals surface area contributed by atoms with Gasteiger partial charge in [0.15, 0.2) is 0 Å². The maximum atomic E-state index is 13.2. The first-order chi connectivity index (χ1) is 7.16. The lowest BCUT2D eigenvalue weighted by molar-refractivity contribution is 0.466. The summed E-state index contributed by atoms with van der Waals surface area (Å²) in [5.41, 5.74) is 0.808. The molecule has 1 atom stereocenters. The Kier molecular flexibility index (Phi) is 3.12. The molecule has 0 amide bonds. The number of nitrogens with one attached hydrogen (secondary N) is 1. The second-order valence-corrected chi connectivity index (χ2v) is 4.35. The Balaban J connectivity index is 2.14. The van der Waals surface area contributed by atoms with Crippen LogP contribution in [0.4, 0.5) is 4.39 Å². The molecule has 0 saturated carbocycles. The summed E-state index contributed by atoms with van der Waals surface area (Å²) >= 11 is 5.53. The van der Waals surface area contributed by atoms with E-state index in [4.69, 9.17) is 11.6 Å². The van der Waals surface area contributed by atoms with Gasteiger partial charge in [-0.25, -0.2) is 4.39 Å². The van der Waals surface area contributed by atoms with Gasteiger partial charge in [-0.2, -0.15) is 0 Å². The molecular formula is C11H13ClFNO. The minimum atomic E-state index is -0.544. The van der Waals surface area contributed by atoms with Crippen molar-refractivity contribution in [1.29, 1.82) is 0 Å². The Morgan fingerprint density at radius 2 is 2.33 bits per heavy atom. The first kappa shape index (κ1) is 10.7. The van der Waals surface area contributed by atoms with Gasteiger partial charge in [0, 0.05) is 0 Å². The predicted molar refractivity (Wildman–Crippen MR) is 57.8 cm³/mol. The van der Waals surface area contributed by atoms with Crippen LogP contribution < -0.4 is 5.32 Å². The van der Waals surface area contributed by atoms with Gasteiger partial charge in [-0.3, -0.25) is 0 Å². The Morgan fingerprint density at radius 3 is 2.93 bits per heavy atom. The van der Waals surface area contributed by atoms with Gasteiger partial charge in [0.1, 0.15) is 16.6 Å². The van der Waals surface area contributed by atoms with Crippen LogP contribution in [0.5, 0.6) is 5.75 Å². The van der Waals surface area contributed by atoms with Crippen molar-refractivity contribution in [2.75, 3.05) is 13.1 Å². The minimum absolute atomic E-state index is 0.169. The molecule has 0 radical (unpaired) electrons. The third-order valence-corrected chi connectivity index (χ3v) is 3.13. The highest BCUT2D eigenvalue weighted by molar-refractivity contribution is 6.32. The monoisotopic (exact) mass is 229 g/mol. The van der Waals surface area contributed by atoms with Crippen molar-refractivity contribution in [2.24, 2.45) is 5.92 Å². The lowest BCUT2D eigenvalue weighted by Crippen LogP contribution is -2.10. The summed E-state index contributed by atoms with van der Waals surface area (Å²) in [7, 11) is 0. The van der Waals surface area contributed by atoms with Crippen LogP contribution in [0, 0.1) is 11.7 Å². The van der Waals surface area contributed by atoms with Gasteiger partial charge in [0.05, 0.1) is 0 Å². The summed E-state index contributed by atoms with van der Waals surface area (Å²) in [6.07, 6.45) is 1.89. The number of rotatable bonds is 2. The summed E-state index contributed by atoms with van der Waals surface area (Å²) in [4.78, 5) is 0. The molecule has 1 aromatic rings. The number of hydrogen-bond donors (Lipinski definition) is 2.